The number of alkyl halides is 3. The van der Waals surface area contributed by atoms with Gasteiger partial charge in [-0.15, -0.1) is 0 Å². The molecule has 0 aromatic heterocycles. The summed E-state index contributed by atoms with van der Waals surface area (Å²) in [6, 6.07) is 5.58. The number of nitriles is 1. The molecule has 1 aromatic rings. The number of carboxylic acids is 1. The first kappa shape index (κ1) is 13.0. The minimum atomic E-state index is -4.82. The fourth-order valence-electron chi connectivity index (χ4n) is 1.69. The third kappa shape index (κ3) is 2.38. The molecule has 0 aliphatic carbocycles. The zero-order chi connectivity index (χ0) is 14.2. The number of ether oxygens (including phenoxy) is 1. The van der Waals surface area contributed by atoms with E-state index >= 15 is 0 Å². The average Bonchev–Trinajstić information content (AvgIpc) is 2.35. The predicted octanol–water partition coefficient (Wildman–Crippen LogP) is 2.35. The smallest absolute Gasteiger partial charge is 0.430 e. The van der Waals surface area contributed by atoms with Crippen LogP contribution in [-0.4, -0.2) is 23.4 Å². The van der Waals surface area contributed by atoms with Gasteiger partial charge in [0, 0.05) is 5.56 Å². The number of hydrogen-bond acceptors (Lipinski definition) is 3. The molecule has 0 saturated carbocycles. The maximum absolute atomic E-state index is 12.7. The van der Waals surface area contributed by atoms with E-state index in [4.69, 9.17) is 10.4 Å². The highest BCUT2D eigenvalue weighted by atomic mass is 19.4. The van der Waals surface area contributed by atoms with Gasteiger partial charge in [0.1, 0.15) is 5.75 Å². The first-order chi connectivity index (χ1) is 8.82. The Kier molecular flexibility index (Phi) is 2.94. The Morgan fingerprint density at radius 1 is 1.42 bits per heavy atom. The standard InChI is InChI=1S/C12H6F3NO3/c13-12(14,15)10-8(11(17)18)4-7-3-6(5-16)1-2-9(7)19-10/h1-4,10H,(H,17,18)/t10-/m0/s1. The lowest BCUT2D eigenvalue weighted by atomic mass is 10.00. The van der Waals surface area contributed by atoms with Gasteiger partial charge in [-0.2, -0.15) is 18.4 Å². The van der Waals surface area contributed by atoms with Gasteiger partial charge in [-0.1, -0.05) is 0 Å². The molecule has 1 aromatic carbocycles. The fourth-order valence-corrected chi connectivity index (χ4v) is 1.69. The van der Waals surface area contributed by atoms with Crippen molar-refractivity contribution in [3.8, 4) is 11.8 Å². The van der Waals surface area contributed by atoms with E-state index in [1.165, 1.54) is 18.2 Å². The molecular formula is C12H6F3NO3. The van der Waals surface area contributed by atoms with Crippen LogP contribution in [0.4, 0.5) is 13.2 Å². The largest absolute Gasteiger partial charge is 0.478 e. The third-order valence-corrected chi connectivity index (χ3v) is 2.52. The third-order valence-electron chi connectivity index (χ3n) is 2.52. The molecule has 1 aliphatic rings. The SMILES string of the molecule is N#Cc1ccc2c(c1)C=C(C(=O)O)[C@@H](C(F)(F)F)O2. The molecule has 4 nitrogen and oxygen atoms in total. The number of hydrogen-bond donors (Lipinski definition) is 1. The number of nitrogens with zero attached hydrogens (tertiary/aromatic N) is 1. The van der Waals surface area contributed by atoms with E-state index in [1.807, 2.05) is 6.07 Å². The zero-order valence-corrected chi connectivity index (χ0v) is 9.23. The number of carboxylic acid groups (broad SMARTS) is 1. The highest BCUT2D eigenvalue weighted by molar-refractivity contribution is 5.95. The summed E-state index contributed by atoms with van der Waals surface area (Å²) < 4.78 is 42.8. The molecule has 19 heavy (non-hydrogen) atoms. The van der Waals surface area contributed by atoms with Gasteiger partial charge in [-0.3, -0.25) is 0 Å². The van der Waals surface area contributed by atoms with Crippen LogP contribution in [0.3, 0.4) is 0 Å². The van der Waals surface area contributed by atoms with Gasteiger partial charge in [0.2, 0.25) is 6.10 Å². The van der Waals surface area contributed by atoms with Crippen LogP contribution in [0.5, 0.6) is 5.75 Å². The predicted molar refractivity (Wildman–Crippen MR) is 57.2 cm³/mol. The van der Waals surface area contributed by atoms with Gasteiger partial charge in [-0.25, -0.2) is 4.79 Å². The van der Waals surface area contributed by atoms with Gasteiger partial charge in [0.05, 0.1) is 17.2 Å². The van der Waals surface area contributed by atoms with Crippen LogP contribution in [0, 0.1) is 11.3 Å². The van der Waals surface area contributed by atoms with Crippen molar-refractivity contribution in [2.75, 3.05) is 0 Å². The first-order valence-corrected chi connectivity index (χ1v) is 5.05. The molecule has 2 rings (SSSR count). The molecule has 0 saturated heterocycles. The normalized spacial score (nSPS) is 17.8. The van der Waals surface area contributed by atoms with Crippen LogP contribution < -0.4 is 4.74 Å². The van der Waals surface area contributed by atoms with Gasteiger partial charge in [0.25, 0.3) is 0 Å². The van der Waals surface area contributed by atoms with Crippen LogP contribution in [-0.2, 0) is 4.79 Å². The Morgan fingerprint density at radius 2 is 2.11 bits per heavy atom. The lowest BCUT2D eigenvalue weighted by Crippen LogP contribution is -2.40. The highest BCUT2D eigenvalue weighted by Gasteiger charge is 2.48. The van der Waals surface area contributed by atoms with E-state index in [-0.39, 0.29) is 16.9 Å². The van der Waals surface area contributed by atoms with Crippen LogP contribution in [0.15, 0.2) is 23.8 Å². The summed E-state index contributed by atoms with van der Waals surface area (Å²) in [5.74, 6) is -1.82. The second kappa shape index (κ2) is 4.31. The molecular weight excluding hydrogens is 263 g/mol. The number of halogens is 3. The number of fused-ring (bicyclic) bond motifs is 1. The summed E-state index contributed by atoms with van der Waals surface area (Å²) in [6.45, 7) is 0. The number of carbonyl (C=O) groups is 1. The Balaban J connectivity index is 2.55. The van der Waals surface area contributed by atoms with Gasteiger partial charge < -0.3 is 9.84 Å². The molecule has 0 amide bonds. The summed E-state index contributed by atoms with van der Waals surface area (Å²) in [6.07, 6.45) is -6.46. The van der Waals surface area contributed by atoms with Gasteiger partial charge in [0.15, 0.2) is 0 Å². The first-order valence-electron chi connectivity index (χ1n) is 5.05. The Hall–Kier alpha value is -2.49. The molecule has 1 N–H and O–H groups in total. The van der Waals surface area contributed by atoms with E-state index in [9.17, 15) is 18.0 Å². The van der Waals surface area contributed by atoms with Gasteiger partial charge >= 0.3 is 12.1 Å². The molecule has 98 valence electrons. The zero-order valence-electron chi connectivity index (χ0n) is 9.23. The van der Waals surface area contributed by atoms with Crippen LogP contribution in [0.2, 0.25) is 0 Å². The molecule has 0 radical (unpaired) electrons. The molecule has 0 bridgehead atoms. The van der Waals surface area contributed by atoms with Crippen molar-refractivity contribution in [1.82, 2.24) is 0 Å². The van der Waals surface area contributed by atoms with Crippen LogP contribution in [0.25, 0.3) is 6.08 Å². The van der Waals surface area contributed by atoms with E-state index < -0.39 is 23.8 Å². The Labute approximate surface area is 105 Å². The topological polar surface area (TPSA) is 70.3 Å². The summed E-state index contributed by atoms with van der Waals surface area (Å²) in [4.78, 5) is 10.9. The van der Waals surface area contributed by atoms with Crippen molar-refractivity contribution in [2.45, 2.75) is 12.3 Å². The maximum Gasteiger partial charge on any atom is 0.430 e. The second-order valence-corrected chi connectivity index (χ2v) is 3.81. The Bertz CT molecular complexity index is 614. The fraction of sp³-hybridized carbons (Fsp3) is 0.167. The molecule has 1 heterocycles. The monoisotopic (exact) mass is 269 g/mol. The highest BCUT2D eigenvalue weighted by Crippen LogP contribution is 2.37. The van der Waals surface area contributed by atoms with Crippen molar-refractivity contribution in [3.05, 3.63) is 34.9 Å². The van der Waals surface area contributed by atoms with Crippen molar-refractivity contribution in [2.24, 2.45) is 0 Å². The quantitative estimate of drug-likeness (QED) is 0.849. The summed E-state index contributed by atoms with van der Waals surface area (Å²) in [5, 5.41) is 17.5. The van der Waals surface area contributed by atoms with Gasteiger partial charge in [-0.05, 0) is 24.3 Å². The Morgan fingerprint density at radius 3 is 2.63 bits per heavy atom. The molecule has 0 fully saturated rings. The summed E-state index contributed by atoms with van der Waals surface area (Å²) in [5.41, 5.74) is -0.569. The molecule has 0 spiro atoms. The van der Waals surface area contributed by atoms with E-state index in [1.54, 1.807) is 0 Å². The molecule has 1 atom stereocenters. The van der Waals surface area contributed by atoms with Crippen molar-refractivity contribution < 1.29 is 27.8 Å². The van der Waals surface area contributed by atoms with Crippen molar-refractivity contribution >= 4 is 12.0 Å². The molecule has 0 unspecified atom stereocenters. The van der Waals surface area contributed by atoms with E-state index in [2.05, 4.69) is 4.74 Å². The average molecular weight is 269 g/mol. The summed E-state index contributed by atoms with van der Waals surface area (Å²) >= 11 is 0. The maximum atomic E-state index is 12.7. The van der Waals surface area contributed by atoms with E-state index in [0.29, 0.717) is 0 Å². The van der Waals surface area contributed by atoms with Crippen molar-refractivity contribution in [3.63, 3.8) is 0 Å². The minimum absolute atomic E-state index is 0.105. The summed E-state index contributed by atoms with van der Waals surface area (Å²) in [7, 11) is 0. The molecule has 1 aliphatic heterocycles. The lowest BCUT2D eigenvalue weighted by molar-refractivity contribution is -0.187. The van der Waals surface area contributed by atoms with Crippen LogP contribution >= 0.6 is 0 Å². The molecule has 7 heteroatoms. The minimum Gasteiger partial charge on any atom is -0.478 e. The lowest BCUT2D eigenvalue weighted by Gasteiger charge is -2.26. The second-order valence-electron chi connectivity index (χ2n) is 3.81. The number of benzene rings is 1. The number of rotatable bonds is 1. The van der Waals surface area contributed by atoms with Crippen LogP contribution in [0.1, 0.15) is 11.1 Å². The number of aliphatic carboxylic acids is 1. The van der Waals surface area contributed by atoms with Crippen molar-refractivity contribution in [1.29, 1.82) is 5.26 Å². The van der Waals surface area contributed by atoms with E-state index in [0.717, 1.165) is 6.08 Å².